The number of esters is 1. The predicted molar refractivity (Wildman–Crippen MR) is 113 cm³/mol. The number of hydrogen-bond donors (Lipinski definition) is 0. The zero-order valence-electron chi connectivity index (χ0n) is 17.5. The van der Waals surface area contributed by atoms with E-state index in [9.17, 15) is 31.5 Å². The van der Waals surface area contributed by atoms with E-state index in [0.717, 1.165) is 6.92 Å². The molecule has 0 radical (unpaired) electrons. The first-order valence-electron chi connectivity index (χ1n) is 9.80. The highest BCUT2D eigenvalue weighted by atomic mass is 35.5. The number of allylic oxidation sites excluding steroid dienone is 1. The lowest BCUT2D eigenvalue weighted by molar-refractivity contribution is -0.141. The minimum absolute atomic E-state index is 0.00578. The van der Waals surface area contributed by atoms with Crippen LogP contribution >= 0.6 is 11.6 Å². The molecule has 0 spiro atoms. The Balaban J connectivity index is 1.49. The second kappa shape index (κ2) is 9.38. The van der Waals surface area contributed by atoms with Crippen LogP contribution in [-0.2, 0) is 4.79 Å². The summed E-state index contributed by atoms with van der Waals surface area (Å²) in [6.07, 6.45) is -0.294. The fourth-order valence-corrected chi connectivity index (χ4v) is 3.29. The molecule has 11 heteroatoms. The lowest BCUT2D eigenvalue weighted by atomic mass is 10.1. The summed E-state index contributed by atoms with van der Waals surface area (Å²) in [7, 11) is 0. The van der Waals surface area contributed by atoms with Crippen molar-refractivity contribution in [2.45, 2.75) is 13.0 Å². The summed E-state index contributed by atoms with van der Waals surface area (Å²) in [5.41, 5.74) is 0.795. The zero-order chi connectivity index (χ0) is 25.4. The number of fused-ring (bicyclic) bond motifs is 1. The van der Waals surface area contributed by atoms with Crippen molar-refractivity contribution in [3.63, 3.8) is 0 Å². The van der Waals surface area contributed by atoms with Gasteiger partial charge in [-0.25, -0.2) is 18.0 Å². The van der Waals surface area contributed by atoms with E-state index in [0.29, 0.717) is 10.6 Å². The van der Waals surface area contributed by atoms with Gasteiger partial charge in [-0.2, -0.15) is 8.78 Å². The van der Waals surface area contributed by atoms with Gasteiger partial charge in [0.25, 0.3) is 0 Å². The van der Waals surface area contributed by atoms with Gasteiger partial charge < -0.3 is 14.2 Å². The van der Waals surface area contributed by atoms with Crippen molar-refractivity contribution in [1.29, 1.82) is 0 Å². The van der Waals surface area contributed by atoms with Gasteiger partial charge >= 0.3 is 5.97 Å². The maximum absolute atomic E-state index is 13.8. The summed E-state index contributed by atoms with van der Waals surface area (Å²) < 4.78 is 82.7. The third kappa shape index (κ3) is 4.69. The molecule has 1 aliphatic rings. The quantitative estimate of drug-likeness (QED) is 0.105. The Bertz CT molecular complexity index is 1380. The van der Waals surface area contributed by atoms with Crippen LogP contribution in [0.2, 0.25) is 5.02 Å². The molecule has 1 aliphatic heterocycles. The van der Waals surface area contributed by atoms with E-state index in [1.54, 1.807) is 24.3 Å². The van der Waals surface area contributed by atoms with Gasteiger partial charge in [-0.3, -0.25) is 4.79 Å². The van der Waals surface area contributed by atoms with E-state index >= 15 is 0 Å². The molecule has 3 aromatic rings. The van der Waals surface area contributed by atoms with E-state index in [4.69, 9.17) is 21.1 Å². The van der Waals surface area contributed by atoms with Gasteiger partial charge in [-0.15, -0.1) is 0 Å². The molecule has 1 heterocycles. The van der Waals surface area contributed by atoms with Gasteiger partial charge in [-0.05, 0) is 42.8 Å². The third-order valence-corrected chi connectivity index (χ3v) is 5.04. The van der Waals surface area contributed by atoms with Gasteiger partial charge in [0.1, 0.15) is 11.5 Å². The molecule has 0 aliphatic carbocycles. The van der Waals surface area contributed by atoms with Gasteiger partial charge in [-0.1, -0.05) is 23.7 Å². The van der Waals surface area contributed by atoms with E-state index in [-0.39, 0.29) is 22.8 Å². The molecule has 1 unspecified atom stereocenters. The van der Waals surface area contributed by atoms with Crippen molar-refractivity contribution >= 4 is 29.4 Å². The number of ketones is 1. The Kier molecular flexibility index (Phi) is 6.49. The van der Waals surface area contributed by atoms with Crippen LogP contribution in [0.15, 0.2) is 48.2 Å². The van der Waals surface area contributed by atoms with Crippen LogP contribution in [0.25, 0.3) is 6.08 Å². The van der Waals surface area contributed by atoms with E-state index in [1.807, 2.05) is 0 Å². The van der Waals surface area contributed by atoms with Gasteiger partial charge in [0, 0.05) is 11.1 Å². The molecule has 5 nitrogen and oxygen atoms in total. The predicted octanol–water partition coefficient (Wildman–Crippen LogP) is 6.02. The fourth-order valence-electron chi connectivity index (χ4n) is 3.09. The molecule has 4 rings (SSSR count). The van der Waals surface area contributed by atoms with Crippen LogP contribution in [0, 0.1) is 29.1 Å². The topological polar surface area (TPSA) is 61.8 Å². The van der Waals surface area contributed by atoms with Crippen molar-refractivity contribution in [3.8, 4) is 17.2 Å². The van der Waals surface area contributed by atoms with Gasteiger partial charge in [0.2, 0.25) is 34.9 Å². The lowest BCUT2D eigenvalue weighted by Gasteiger charge is -2.15. The number of ether oxygens (including phenoxy) is 3. The zero-order valence-corrected chi connectivity index (χ0v) is 18.3. The number of hydrogen-bond acceptors (Lipinski definition) is 5. The van der Waals surface area contributed by atoms with Crippen LogP contribution in [0.5, 0.6) is 17.2 Å². The van der Waals surface area contributed by atoms with Gasteiger partial charge in [0.05, 0.1) is 5.56 Å². The van der Waals surface area contributed by atoms with Crippen LogP contribution in [0.4, 0.5) is 22.0 Å². The Morgan fingerprint density at radius 1 is 0.971 bits per heavy atom. The largest absolute Gasteiger partial charge is 0.473 e. The standard InChI is InChI=1S/C24H12ClF5O5/c1-10(33-23-20(29)18(27)17(26)19(28)21(23)30)24(32)34-13-5-6-14-15(9-13)35-16(22(14)31)8-11-3-2-4-12(25)7-11/h2-10H,1H3/b16-8-. The van der Waals surface area contributed by atoms with Crippen LogP contribution in [0.1, 0.15) is 22.8 Å². The van der Waals surface area contributed by atoms with Crippen molar-refractivity contribution < 1.29 is 45.8 Å². The first kappa shape index (κ1) is 24.2. The number of halogens is 6. The molecule has 180 valence electrons. The van der Waals surface area contributed by atoms with E-state index in [1.165, 1.54) is 24.3 Å². The summed E-state index contributed by atoms with van der Waals surface area (Å²) >= 11 is 5.93. The molecule has 0 amide bonds. The molecule has 3 aromatic carbocycles. The lowest BCUT2D eigenvalue weighted by Crippen LogP contribution is -2.29. The molecule has 0 N–H and O–H groups in total. The number of rotatable bonds is 5. The highest BCUT2D eigenvalue weighted by Crippen LogP contribution is 2.35. The highest BCUT2D eigenvalue weighted by Gasteiger charge is 2.31. The van der Waals surface area contributed by atoms with Crippen molar-refractivity contribution in [1.82, 2.24) is 0 Å². The smallest absolute Gasteiger partial charge is 0.352 e. The Hall–Kier alpha value is -3.92. The minimum atomic E-state index is -2.36. The number of Topliss-reactive ketones (excluding diaryl/α,β-unsaturated/α-hetero) is 1. The van der Waals surface area contributed by atoms with E-state index < -0.39 is 52.7 Å². The highest BCUT2D eigenvalue weighted by molar-refractivity contribution is 6.30. The third-order valence-electron chi connectivity index (χ3n) is 4.80. The minimum Gasteiger partial charge on any atom is -0.473 e. The molecule has 0 saturated carbocycles. The second-order valence-corrected chi connectivity index (χ2v) is 7.67. The average Bonchev–Trinajstić information content (AvgIpc) is 3.13. The number of carbonyl (C=O) groups excluding carboxylic acids is 2. The Labute approximate surface area is 199 Å². The summed E-state index contributed by atoms with van der Waals surface area (Å²) in [4.78, 5) is 24.9. The Morgan fingerprint density at radius 3 is 2.29 bits per heavy atom. The summed E-state index contributed by atoms with van der Waals surface area (Å²) in [6, 6.07) is 10.5. The Morgan fingerprint density at radius 2 is 1.63 bits per heavy atom. The van der Waals surface area contributed by atoms with Crippen LogP contribution < -0.4 is 14.2 Å². The summed E-state index contributed by atoms with van der Waals surface area (Å²) in [6.45, 7) is 0.986. The van der Waals surface area contributed by atoms with Crippen molar-refractivity contribution in [2.24, 2.45) is 0 Å². The second-order valence-electron chi connectivity index (χ2n) is 7.23. The molecule has 1 atom stereocenters. The van der Waals surface area contributed by atoms with Crippen molar-refractivity contribution in [3.05, 3.63) is 93.5 Å². The molecule has 35 heavy (non-hydrogen) atoms. The summed E-state index contributed by atoms with van der Waals surface area (Å²) in [5, 5.41) is 0.457. The van der Waals surface area contributed by atoms with E-state index in [2.05, 4.69) is 4.74 Å². The molecule has 0 aromatic heterocycles. The molecule has 0 saturated heterocycles. The summed E-state index contributed by atoms with van der Waals surface area (Å²) in [5.74, 6) is -14.6. The van der Waals surface area contributed by atoms with Crippen molar-refractivity contribution in [2.75, 3.05) is 0 Å². The first-order valence-corrected chi connectivity index (χ1v) is 10.2. The first-order chi connectivity index (χ1) is 16.6. The van der Waals surface area contributed by atoms with Gasteiger partial charge in [0.15, 0.2) is 17.6 Å². The van der Waals surface area contributed by atoms with Crippen LogP contribution in [-0.4, -0.2) is 17.9 Å². The fraction of sp³-hybridized carbons (Fsp3) is 0.0833. The molecular formula is C24H12ClF5O5. The normalized spacial score (nSPS) is 14.5. The maximum Gasteiger partial charge on any atom is 0.352 e. The molecule has 0 fully saturated rings. The number of benzene rings is 3. The number of carbonyl (C=O) groups is 2. The maximum atomic E-state index is 13.8. The molecular weight excluding hydrogens is 499 g/mol. The molecule has 0 bridgehead atoms. The average molecular weight is 511 g/mol. The monoisotopic (exact) mass is 510 g/mol. The SMILES string of the molecule is CC(Oc1c(F)c(F)c(F)c(F)c1F)C(=O)Oc1ccc2c(c1)O/C(=C\c1cccc(Cl)c1)C2=O. The van der Waals surface area contributed by atoms with Crippen LogP contribution in [0.3, 0.4) is 0 Å².